The van der Waals surface area contributed by atoms with E-state index in [9.17, 15) is 31.1 Å². The predicted octanol–water partition coefficient (Wildman–Crippen LogP) is 5.25. The molecule has 1 heterocycles. The van der Waals surface area contributed by atoms with Crippen LogP contribution in [0.1, 0.15) is 16.8 Å². The fraction of sp³-hybridized carbons (Fsp3) is 0.158. The molecule has 3 nitrogen and oxygen atoms in total. The van der Waals surface area contributed by atoms with E-state index in [1.165, 1.54) is 25.1 Å². The molecule has 0 saturated heterocycles. The van der Waals surface area contributed by atoms with Crippen LogP contribution in [0.2, 0.25) is 0 Å². The first-order valence-electron chi connectivity index (χ1n) is 7.93. The molecule has 0 saturated carbocycles. The van der Waals surface area contributed by atoms with E-state index in [1.54, 1.807) is 0 Å². The minimum absolute atomic E-state index is 0.00829. The Morgan fingerprint density at radius 3 is 2.00 bits per heavy atom. The summed E-state index contributed by atoms with van der Waals surface area (Å²) in [6.45, 7) is 1.49. The normalized spacial score (nSPS) is 12.2. The van der Waals surface area contributed by atoms with Gasteiger partial charge in [-0.3, -0.25) is 4.79 Å². The molecule has 3 aromatic rings. The summed E-state index contributed by atoms with van der Waals surface area (Å²) in [4.78, 5) is 12.8. The van der Waals surface area contributed by atoms with Gasteiger partial charge in [0.25, 0.3) is 5.56 Å². The Bertz CT molecular complexity index is 1000. The van der Waals surface area contributed by atoms with Crippen LogP contribution in [-0.4, -0.2) is 9.78 Å². The first-order valence-corrected chi connectivity index (χ1v) is 7.93. The van der Waals surface area contributed by atoms with Gasteiger partial charge in [-0.15, -0.1) is 0 Å². The van der Waals surface area contributed by atoms with Crippen LogP contribution in [0.15, 0.2) is 59.4 Å². The van der Waals surface area contributed by atoms with Crippen molar-refractivity contribution in [3.05, 3.63) is 81.8 Å². The second-order valence-electron chi connectivity index (χ2n) is 6.04. The Morgan fingerprint density at radius 1 is 0.821 bits per heavy atom. The zero-order chi connectivity index (χ0) is 20.7. The van der Waals surface area contributed by atoms with E-state index in [0.717, 1.165) is 41.1 Å². The summed E-state index contributed by atoms with van der Waals surface area (Å²) in [5.74, 6) is 0. The summed E-state index contributed by atoms with van der Waals surface area (Å²) in [5.41, 5.74) is -2.74. The van der Waals surface area contributed by atoms with Crippen molar-refractivity contribution in [1.82, 2.24) is 9.78 Å². The second-order valence-corrected chi connectivity index (χ2v) is 6.04. The van der Waals surface area contributed by atoms with Crippen LogP contribution >= 0.6 is 0 Å². The van der Waals surface area contributed by atoms with Gasteiger partial charge in [0.05, 0.1) is 28.1 Å². The highest BCUT2D eigenvalue weighted by Crippen LogP contribution is 2.32. The molecular formula is C19H12F6N2O. The second kappa shape index (κ2) is 6.81. The molecule has 0 amide bonds. The van der Waals surface area contributed by atoms with Crippen LogP contribution in [0.4, 0.5) is 26.3 Å². The lowest BCUT2D eigenvalue weighted by Crippen LogP contribution is -2.24. The van der Waals surface area contributed by atoms with Gasteiger partial charge >= 0.3 is 12.4 Å². The number of aromatic nitrogens is 2. The maximum atomic E-state index is 13.0. The van der Waals surface area contributed by atoms with Gasteiger partial charge in [-0.05, 0) is 48.9 Å². The van der Waals surface area contributed by atoms with Crippen molar-refractivity contribution in [2.45, 2.75) is 19.3 Å². The number of aryl methyl sites for hydroxylation is 1. The third kappa shape index (κ3) is 3.92. The van der Waals surface area contributed by atoms with Gasteiger partial charge in [0, 0.05) is 0 Å². The van der Waals surface area contributed by atoms with E-state index < -0.39 is 29.0 Å². The van der Waals surface area contributed by atoms with E-state index in [-0.39, 0.29) is 22.5 Å². The minimum Gasteiger partial charge on any atom is -0.267 e. The van der Waals surface area contributed by atoms with Crippen molar-refractivity contribution in [2.24, 2.45) is 0 Å². The number of nitrogens with zero attached hydrogens (tertiary/aromatic N) is 2. The Labute approximate surface area is 154 Å². The summed E-state index contributed by atoms with van der Waals surface area (Å²) < 4.78 is 78.5. The molecule has 0 radical (unpaired) electrons. The minimum atomic E-state index is -4.62. The molecule has 0 spiro atoms. The highest BCUT2D eigenvalue weighted by molar-refractivity contribution is 5.64. The molecule has 9 heteroatoms. The molecule has 1 aromatic heterocycles. The van der Waals surface area contributed by atoms with Gasteiger partial charge in [0.1, 0.15) is 0 Å². The molecule has 2 aromatic carbocycles. The molecule has 0 atom stereocenters. The maximum absolute atomic E-state index is 13.0. The summed E-state index contributed by atoms with van der Waals surface area (Å²) in [6, 6.07) is 9.43. The fourth-order valence-electron chi connectivity index (χ4n) is 2.68. The average molecular weight is 398 g/mol. The van der Waals surface area contributed by atoms with Crippen LogP contribution in [0, 0.1) is 6.92 Å². The zero-order valence-electron chi connectivity index (χ0n) is 14.3. The topological polar surface area (TPSA) is 34.9 Å². The monoisotopic (exact) mass is 398 g/mol. The van der Waals surface area contributed by atoms with Crippen molar-refractivity contribution >= 4 is 0 Å². The largest absolute Gasteiger partial charge is 0.416 e. The fourth-order valence-corrected chi connectivity index (χ4v) is 2.68. The molecule has 0 unspecified atom stereocenters. The first-order chi connectivity index (χ1) is 13.0. The Morgan fingerprint density at radius 2 is 1.39 bits per heavy atom. The molecule has 3 rings (SSSR count). The van der Waals surface area contributed by atoms with Gasteiger partial charge in [-0.25, -0.2) is 0 Å². The molecule has 0 aliphatic rings. The third-order valence-corrected chi connectivity index (χ3v) is 3.95. The van der Waals surface area contributed by atoms with E-state index in [2.05, 4.69) is 5.10 Å². The molecule has 28 heavy (non-hydrogen) atoms. The standard InChI is InChI=1S/C19H12F6N2O/c1-11-8-16(12-4-2-5-13(9-12)18(20,21)22)17(28)27(26-11)15-7-3-6-14(10-15)19(23,24)25/h2-10H,1H3. The van der Waals surface area contributed by atoms with Gasteiger partial charge in [-0.2, -0.15) is 36.1 Å². The Hall–Kier alpha value is -3.10. The van der Waals surface area contributed by atoms with Gasteiger partial charge in [-0.1, -0.05) is 18.2 Å². The van der Waals surface area contributed by atoms with Crippen LogP contribution < -0.4 is 5.56 Å². The molecule has 0 N–H and O–H groups in total. The van der Waals surface area contributed by atoms with Crippen molar-refractivity contribution in [3.63, 3.8) is 0 Å². The summed E-state index contributed by atoms with van der Waals surface area (Å²) in [6.07, 6.45) is -9.22. The van der Waals surface area contributed by atoms with Crippen LogP contribution in [0.3, 0.4) is 0 Å². The van der Waals surface area contributed by atoms with Crippen LogP contribution in [0.5, 0.6) is 0 Å². The van der Waals surface area contributed by atoms with E-state index in [0.29, 0.717) is 0 Å². The lowest BCUT2D eigenvalue weighted by molar-refractivity contribution is -0.138. The van der Waals surface area contributed by atoms with Gasteiger partial charge in [0.15, 0.2) is 0 Å². The first kappa shape index (κ1) is 19.7. The van der Waals surface area contributed by atoms with E-state index >= 15 is 0 Å². The van der Waals surface area contributed by atoms with Crippen molar-refractivity contribution < 1.29 is 26.3 Å². The number of hydrogen-bond donors (Lipinski definition) is 0. The number of rotatable bonds is 2. The van der Waals surface area contributed by atoms with Gasteiger partial charge in [0.2, 0.25) is 0 Å². The number of benzene rings is 2. The molecule has 0 fully saturated rings. The lowest BCUT2D eigenvalue weighted by Gasteiger charge is -2.13. The SMILES string of the molecule is Cc1cc(-c2cccc(C(F)(F)F)c2)c(=O)n(-c2cccc(C(F)(F)F)c2)n1. The number of halogens is 6. The van der Waals surface area contributed by atoms with E-state index in [4.69, 9.17) is 0 Å². The summed E-state index contributed by atoms with van der Waals surface area (Å²) >= 11 is 0. The summed E-state index contributed by atoms with van der Waals surface area (Å²) in [5, 5.41) is 3.94. The quantitative estimate of drug-likeness (QED) is 0.553. The maximum Gasteiger partial charge on any atom is 0.416 e. The molecule has 0 aliphatic heterocycles. The lowest BCUT2D eigenvalue weighted by atomic mass is 10.0. The van der Waals surface area contributed by atoms with E-state index in [1.807, 2.05) is 0 Å². The zero-order valence-corrected chi connectivity index (χ0v) is 14.3. The predicted molar refractivity (Wildman–Crippen MR) is 90.0 cm³/mol. The number of alkyl halides is 6. The third-order valence-electron chi connectivity index (χ3n) is 3.95. The Kier molecular flexibility index (Phi) is 4.78. The van der Waals surface area contributed by atoms with Crippen molar-refractivity contribution in [3.8, 4) is 16.8 Å². The number of hydrogen-bond acceptors (Lipinski definition) is 2. The van der Waals surface area contributed by atoms with Crippen molar-refractivity contribution in [1.29, 1.82) is 0 Å². The molecule has 0 bridgehead atoms. The van der Waals surface area contributed by atoms with Crippen LogP contribution in [0.25, 0.3) is 16.8 Å². The Balaban J connectivity index is 2.19. The summed E-state index contributed by atoms with van der Waals surface area (Å²) in [7, 11) is 0. The molecule has 146 valence electrons. The smallest absolute Gasteiger partial charge is 0.267 e. The highest BCUT2D eigenvalue weighted by Gasteiger charge is 2.31. The molecular weight excluding hydrogens is 386 g/mol. The molecule has 0 aliphatic carbocycles. The highest BCUT2D eigenvalue weighted by atomic mass is 19.4. The van der Waals surface area contributed by atoms with Crippen LogP contribution in [-0.2, 0) is 12.4 Å². The van der Waals surface area contributed by atoms with Gasteiger partial charge < -0.3 is 0 Å². The average Bonchev–Trinajstić information content (AvgIpc) is 2.62. The van der Waals surface area contributed by atoms with Crippen molar-refractivity contribution in [2.75, 3.05) is 0 Å².